The van der Waals surface area contributed by atoms with Crippen molar-refractivity contribution in [3.8, 4) is 0 Å². The maximum absolute atomic E-state index is 3.21. The zero-order valence-corrected chi connectivity index (χ0v) is 5.66. The number of thioether (sulfide) groups is 1. The molecule has 1 aliphatic heterocycles. The van der Waals surface area contributed by atoms with Crippen molar-refractivity contribution in [1.29, 1.82) is 0 Å². The van der Waals surface area contributed by atoms with E-state index in [1.54, 1.807) is 0 Å². The van der Waals surface area contributed by atoms with Gasteiger partial charge in [0.2, 0.25) is 0 Å². The number of hydrogen-bond donors (Lipinski definition) is 1. The zero-order valence-electron chi connectivity index (χ0n) is 4.85. The molecular formula is C7H6NS. The monoisotopic (exact) mass is 136 g/mol. The number of fused-ring (bicyclic) bond motifs is 1. The molecule has 0 bridgehead atoms. The first-order valence-corrected chi connectivity index (χ1v) is 3.83. The molecule has 0 atom stereocenters. The molecule has 9 heavy (non-hydrogen) atoms. The highest BCUT2D eigenvalue weighted by atomic mass is 32.2. The van der Waals surface area contributed by atoms with Crippen LogP contribution in [-0.2, 0) is 0 Å². The van der Waals surface area contributed by atoms with Crippen molar-refractivity contribution in [2.45, 2.75) is 4.90 Å². The van der Waals surface area contributed by atoms with Crippen LogP contribution in [0.5, 0.6) is 0 Å². The number of hydrogen-bond acceptors (Lipinski definition) is 2. The summed E-state index contributed by atoms with van der Waals surface area (Å²) in [6.45, 7) is 0. The van der Waals surface area contributed by atoms with E-state index >= 15 is 0 Å². The van der Waals surface area contributed by atoms with Crippen LogP contribution in [-0.4, -0.2) is 5.88 Å². The molecule has 0 amide bonds. The lowest BCUT2D eigenvalue weighted by atomic mass is 10.3. The van der Waals surface area contributed by atoms with Gasteiger partial charge in [-0.15, -0.1) is 11.8 Å². The molecule has 0 saturated heterocycles. The number of para-hydroxylation sites is 1. The van der Waals surface area contributed by atoms with Crippen LogP contribution in [0.4, 0.5) is 5.69 Å². The van der Waals surface area contributed by atoms with Gasteiger partial charge in [0.25, 0.3) is 0 Å². The van der Waals surface area contributed by atoms with Gasteiger partial charge in [-0.05, 0) is 6.07 Å². The van der Waals surface area contributed by atoms with Gasteiger partial charge < -0.3 is 5.32 Å². The summed E-state index contributed by atoms with van der Waals surface area (Å²) in [7, 11) is 0. The standard InChI is InChI=1S/C7H6NS/c1-2-4-7-6(3-1)8-5-9-7/h1-2,4,8H,5H2. The summed E-state index contributed by atoms with van der Waals surface area (Å²) in [6, 6.07) is 9.17. The summed E-state index contributed by atoms with van der Waals surface area (Å²) in [6.07, 6.45) is 0. The molecule has 1 N–H and O–H groups in total. The van der Waals surface area contributed by atoms with E-state index in [1.165, 1.54) is 4.90 Å². The Kier molecular flexibility index (Phi) is 1.12. The largest absolute Gasteiger partial charge is 0.374 e. The average molecular weight is 136 g/mol. The van der Waals surface area contributed by atoms with Crippen molar-refractivity contribution in [3.63, 3.8) is 0 Å². The SMILES string of the molecule is [c]1cccc2c1NCS2. The van der Waals surface area contributed by atoms with E-state index < -0.39 is 0 Å². The molecule has 1 nitrogen and oxygen atoms in total. The molecule has 0 aliphatic carbocycles. The van der Waals surface area contributed by atoms with E-state index in [0.29, 0.717) is 0 Å². The van der Waals surface area contributed by atoms with E-state index in [1.807, 2.05) is 23.9 Å². The van der Waals surface area contributed by atoms with Crippen molar-refractivity contribution in [1.82, 2.24) is 0 Å². The molecule has 45 valence electrons. The molecule has 1 aromatic rings. The van der Waals surface area contributed by atoms with Crippen LogP contribution in [0, 0.1) is 6.07 Å². The van der Waals surface area contributed by atoms with Gasteiger partial charge in [-0.2, -0.15) is 0 Å². The molecule has 2 heteroatoms. The number of rotatable bonds is 0. The summed E-state index contributed by atoms with van der Waals surface area (Å²) in [5.74, 6) is 0.996. The molecular weight excluding hydrogens is 130 g/mol. The topological polar surface area (TPSA) is 12.0 Å². The van der Waals surface area contributed by atoms with Crippen LogP contribution >= 0.6 is 11.8 Å². The Balaban J connectivity index is 2.54. The van der Waals surface area contributed by atoms with Crippen molar-refractivity contribution in [2.24, 2.45) is 0 Å². The van der Waals surface area contributed by atoms with Crippen molar-refractivity contribution >= 4 is 17.4 Å². The molecule has 0 fully saturated rings. The number of benzene rings is 1. The van der Waals surface area contributed by atoms with Gasteiger partial charge in [0.1, 0.15) is 0 Å². The highest BCUT2D eigenvalue weighted by molar-refractivity contribution is 7.99. The fraction of sp³-hybridized carbons (Fsp3) is 0.143. The lowest BCUT2D eigenvalue weighted by Crippen LogP contribution is -1.86. The second-order valence-corrected chi connectivity index (χ2v) is 2.89. The van der Waals surface area contributed by atoms with Crippen molar-refractivity contribution < 1.29 is 0 Å². The van der Waals surface area contributed by atoms with E-state index in [0.717, 1.165) is 11.6 Å². The first-order chi connectivity index (χ1) is 4.47. The Labute approximate surface area is 58.5 Å². The second-order valence-electron chi connectivity index (χ2n) is 1.87. The molecule has 0 aromatic heterocycles. The zero-order chi connectivity index (χ0) is 6.10. The van der Waals surface area contributed by atoms with Crippen LogP contribution in [0.15, 0.2) is 23.1 Å². The van der Waals surface area contributed by atoms with Crippen molar-refractivity contribution in [3.05, 3.63) is 24.3 Å². The Morgan fingerprint density at radius 2 is 2.67 bits per heavy atom. The summed E-state index contributed by atoms with van der Waals surface area (Å²) >= 11 is 1.83. The van der Waals surface area contributed by atoms with Gasteiger partial charge in [-0.3, -0.25) is 0 Å². The van der Waals surface area contributed by atoms with Gasteiger partial charge in [0.05, 0.1) is 11.6 Å². The lowest BCUT2D eigenvalue weighted by Gasteiger charge is -1.92. The molecule has 1 heterocycles. The minimum Gasteiger partial charge on any atom is -0.374 e. The third kappa shape index (κ3) is 0.793. The van der Waals surface area contributed by atoms with E-state index in [4.69, 9.17) is 0 Å². The summed E-state index contributed by atoms with van der Waals surface area (Å²) in [5, 5.41) is 3.21. The third-order valence-corrected chi connectivity index (χ3v) is 2.23. The summed E-state index contributed by atoms with van der Waals surface area (Å²) in [5.41, 5.74) is 1.16. The van der Waals surface area contributed by atoms with Gasteiger partial charge in [0, 0.05) is 11.0 Å². The van der Waals surface area contributed by atoms with Crippen LogP contribution in [0.25, 0.3) is 0 Å². The van der Waals surface area contributed by atoms with Crippen LogP contribution in [0.3, 0.4) is 0 Å². The first kappa shape index (κ1) is 5.18. The van der Waals surface area contributed by atoms with Gasteiger partial charge in [0.15, 0.2) is 0 Å². The second kappa shape index (κ2) is 1.95. The molecule has 0 spiro atoms. The van der Waals surface area contributed by atoms with Crippen LogP contribution < -0.4 is 5.32 Å². The molecule has 2 rings (SSSR count). The Hall–Kier alpha value is -0.630. The van der Waals surface area contributed by atoms with E-state index in [2.05, 4.69) is 17.4 Å². The molecule has 0 unspecified atom stereocenters. The fourth-order valence-electron chi connectivity index (χ4n) is 0.866. The van der Waals surface area contributed by atoms with Crippen LogP contribution in [0.1, 0.15) is 0 Å². The Bertz CT molecular complexity index is 199. The average Bonchev–Trinajstić information content (AvgIpc) is 2.33. The molecule has 1 aliphatic rings. The van der Waals surface area contributed by atoms with Crippen molar-refractivity contribution in [2.75, 3.05) is 11.2 Å². The smallest absolute Gasteiger partial charge is 0.0658 e. The predicted molar refractivity (Wildman–Crippen MR) is 39.6 cm³/mol. The number of anilines is 1. The quantitative estimate of drug-likeness (QED) is 0.585. The lowest BCUT2D eigenvalue weighted by molar-refractivity contribution is 1.42. The summed E-state index contributed by atoms with van der Waals surface area (Å²) in [4.78, 5) is 1.32. The van der Waals surface area contributed by atoms with Crippen LogP contribution in [0.2, 0.25) is 0 Å². The van der Waals surface area contributed by atoms with Gasteiger partial charge >= 0.3 is 0 Å². The Morgan fingerprint density at radius 1 is 1.67 bits per heavy atom. The van der Waals surface area contributed by atoms with E-state index in [9.17, 15) is 0 Å². The Morgan fingerprint density at radius 3 is 3.56 bits per heavy atom. The molecule has 1 aromatic carbocycles. The minimum atomic E-state index is 0.996. The predicted octanol–water partition coefficient (Wildman–Crippen LogP) is 1.96. The molecule has 0 saturated carbocycles. The minimum absolute atomic E-state index is 0.996. The maximum Gasteiger partial charge on any atom is 0.0658 e. The maximum atomic E-state index is 3.21. The normalized spacial score (nSPS) is 14.7. The third-order valence-electron chi connectivity index (χ3n) is 1.29. The van der Waals surface area contributed by atoms with Gasteiger partial charge in [-0.1, -0.05) is 12.1 Å². The van der Waals surface area contributed by atoms with Gasteiger partial charge in [-0.25, -0.2) is 0 Å². The fourth-order valence-corrected chi connectivity index (χ4v) is 1.69. The summed E-state index contributed by atoms with van der Waals surface area (Å²) < 4.78 is 0. The highest BCUT2D eigenvalue weighted by Gasteiger charge is 2.07. The van der Waals surface area contributed by atoms with E-state index in [-0.39, 0.29) is 0 Å². The highest BCUT2D eigenvalue weighted by Crippen LogP contribution is 2.31. The molecule has 1 radical (unpaired) electrons. The number of nitrogens with one attached hydrogen (secondary N) is 1. The first-order valence-electron chi connectivity index (χ1n) is 2.84.